The summed E-state index contributed by atoms with van der Waals surface area (Å²) in [6, 6.07) is 0. The largest absolute Gasteiger partial charge is 0.497 e. The fourth-order valence-electron chi connectivity index (χ4n) is 0.998. The molecule has 0 radical (unpaired) electrons. The molecule has 0 aromatic heterocycles. The third-order valence-corrected chi connectivity index (χ3v) is 1.60. The zero-order valence-electron chi connectivity index (χ0n) is 5.98. The highest BCUT2D eigenvalue weighted by molar-refractivity contribution is 5.22. The molecule has 50 valence electrons. The van der Waals surface area contributed by atoms with Crippen molar-refractivity contribution in [1.29, 1.82) is 0 Å². The molecule has 0 aromatic rings. The fourth-order valence-corrected chi connectivity index (χ4v) is 0.998. The quantitative estimate of drug-likeness (QED) is 0.521. The Kier molecular flexibility index (Phi) is 1.93. The van der Waals surface area contributed by atoms with Crippen molar-refractivity contribution in [2.24, 2.45) is 0 Å². The van der Waals surface area contributed by atoms with E-state index in [0.29, 0.717) is 0 Å². The van der Waals surface area contributed by atoms with Crippen LogP contribution in [0.25, 0.3) is 0 Å². The first kappa shape index (κ1) is 6.40. The van der Waals surface area contributed by atoms with Crippen molar-refractivity contribution < 1.29 is 4.74 Å². The van der Waals surface area contributed by atoms with Gasteiger partial charge in [0.1, 0.15) is 5.76 Å². The summed E-state index contributed by atoms with van der Waals surface area (Å²) in [6.45, 7) is 2.11. The summed E-state index contributed by atoms with van der Waals surface area (Å²) in [5, 5.41) is 0. The van der Waals surface area contributed by atoms with E-state index in [-0.39, 0.29) is 0 Å². The third-order valence-electron chi connectivity index (χ3n) is 1.60. The maximum absolute atomic E-state index is 5.10. The molecule has 1 aliphatic carbocycles. The minimum Gasteiger partial charge on any atom is -0.497 e. The van der Waals surface area contributed by atoms with Crippen molar-refractivity contribution in [2.75, 3.05) is 7.11 Å². The Hall–Kier alpha value is -0.720. The smallest absolute Gasteiger partial charge is 0.117 e. The van der Waals surface area contributed by atoms with Crippen molar-refractivity contribution >= 4 is 0 Å². The van der Waals surface area contributed by atoms with E-state index in [1.807, 2.05) is 6.08 Å². The van der Waals surface area contributed by atoms with Crippen LogP contribution in [0.4, 0.5) is 0 Å². The van der Waals surface area contributed by atoms with Crippen molar-refractivity contribution in [2.45, 2.75) is 19.8 Å². The highest BCUT2D eigenvalue weighted by Crippen LogP contribution is 2.17. The predicted octanol–water partition coefficient (Wildman–Crippen LogP) is 2.26. The maximum atomic E-state index is 5.10. The van der Waals surface area contributed by atoms with Crippen LogP contribution in [0.15, 0.2) is 23.5 Å². The lowest BCUT2D eigenvalue weighted by Gasteiger charge is -2.09. The Morgan fingerprint density at radius 3 is 2.78 bits per heavy atom. The number of methoxy groups -OCH3 is 1. The molecule has 0 saturated carbocycles. The molecule has 0 spiro atoms. The van der Waals surface area contributed by atoms with Gasteiger partial charge in [0, 0.05) is 0 Å². The standard InChI is InChI=1S/C8H12O/c1-7-5-3-4-6-8(7)9-2/h4,6H,3,5H2,1-2H3. The van der Waals surface area contributed by atoms with Crippen LogP contribution < -0.4 is 0 Å². The molecule has 0 atom stereocenters. The molecule has 1 nitrogen and oxygen atoms in total. The number of allylic oxidation sites excluding steroid dienone is 3. The molecule has 0 fully saturated rings. The number of hydrogen-bond acceptors (Lipinski definition) is 1. The molecule has 1 heteroatoms. The molecule has 0 unspecified atom stereocenters. The molecule has 0 aliphatic heterocycles. The first-order valence-corrected chi connectivity index (χ1v) is 3.25. The molecule has 0 amide bonds. The van der Waals surface area contributed by atoms with E-state index in [2.05, 4.69) is 13.0 Å². The third kappa shape index (κ3) is 1.35. The van der Waals surface area contributed by atoms with Crippen LogP contribution in [0.5, 0.6) is 0 Å². The first-order valence-electron chi connectivity index (χ1n) is 3.25. The van der Waals surface area contributed by atoms with Gasteiger partial charge in [-0.25, -0.2) is 0 Å². The van der Waals surface area contributed by atoms with Gasteiger partial charge in [-0.15, -0.1) is 0 Å². The van der Waals surface area contributed by atoms with Gasteiger partial charge < -0.3 is 4.74 Å². The van der Waals surface area contributed by atoms with Crippen LogP contribution in [0.2, 0.25) is 0 Å². The van der Waals surface area contributed by atoms with Gasteiger partial charge in [0.05, 0.1) is 7.11 Å². The Balaban J connectivity index is 2.72. The minimum absolute atomic E-state index is 1.04. The fraction of sp³-hybridized carbons (Fsp3) is 0.500. The number of hydrogen-bond donors (Lipinski definition) is 0. The number of ether oxygens (including phenoxy) is 1. The van der Waals surface area contributed by atoms with Gasteiger partial charge in [0.15, 0.2) is 0 Å². The molecule has 1 aliphatic rings. The van der Waals surface area contributed by atoms with Gasteiger partial charge in [-0.3, -0.25) is 0 Å². The van der Waals surface area contributed by atoms with Crippen molar-refractivity contribution in [3.05, 3.63) is 23.5 Å². The average Bonchev–Trinajstić information content (AvgIpc) is 1.89. The maximum Gasteiger partial charge on any atom is 0.117 e. The monoisotopic (exact) mass is 124 g/mol. The van der Waals surface area contributed by atoms with Gasteiger partial charge in [-0.2, -0.15) is 0 Å². The molecule has 0 saturated heterocycles. The summed E-state index contributed by atoms with van der Waals surface area (Å²) >= 11 is 0. The Bertz CT molecular complexity index is 154. The lowest BCUT2D eigenvalue weighted by atomic mass is 10.1. The van der Waals surface area contributed by atoms with Crippen molar-refractivity contribution in [3.63, 3.8) is 0 Å². The summed E-state index contributed by atoms with van der Waals surface area (Å²) in [7, 11) is 1.72. The average molecular weight is 124 g/mol. The SMILES string of the molecule is COC1=C(C)CCC=C1. The molecule has 0 N–H and O–H groups in total. The minimum atomic E-state index is 1.04. The lowest BCUT2D eigenvalue weighted by Crippen LogP contribution is -1.92. The van der Waals surface area contributed by atoms with Crippen molar-refractivity contribution in [3.8, 4) is 0 Å². The van der Waals surface area contributed by atoms with Gasteiger partial charge >= 0.3 is 0 Å². The predicted molar refractivity (Wildman–Crippen MR) is 38.1 cm³/mol. The van der Waals surface area contributed by atoms with Crippen molar-refractivity contribution in [1.82, 2.24) is 0 Å². The summed E-state index contributed by atoms with van der Waals surface area (Å²) in [6.07, 6.45) is 6.50. The zero-order chi connectivity index (χ0) is 6.69. The Labute approximate surface area is 56.0 Å². The highest BCUT2D eigenvalue weighted by atomic mass is 16.5. The zero-order valence-corrected chi connectivity index (χ0v) is 5.98. The van der Waals surface area contributed by atoms with Gasteiger partial charge in [-0.05, 0) is 31.4 Å². The Morgan fingerprint density at radius 1 is 1.56 bits per heavy atom. The molecule has 1 rings (SSSR count). The molecular weight excluding hydrogens is 112 g/mol. The second-order valence-electron chi connectivity index (χ2n) is 2.29. The molecule has 0 bridgehead atoms. The van der Waals surface area contributed by atoms with Gasteiger partial charge in [0.25, 0.3) is 0 Å². The summed E-state index contributed by atoms with van der Waals surface area (Å²) < 4.78 is 5.10. The van der Waals surface area contributed by atoms with E-state index >= 15 is 0 Å². The second-order valence-corrected chi connectivity index (χ2v) is 2.29. The highest BCUT2D eigenvalue weighted by Gasteiger charge is 2.01. The molecular formula is C8H12O. The van der Waals surface area contributed by atoms with Crippen LogP contribution >= 0.6 is 0 Å². The molecule has 0 heterocycles. The van der Waals surface area contributed by atoms with E-state index in [9.17, 15) is 0 Å². The molecule has 9 heavy (non-hydrogen) atoms. The topological polar surface area (TPSA) is 9.23 Å². The molecule has 0 aromatic carbocycles. The second kappa shape index (κ2) is 2.72. The number of rotatable bonds is 1. The van der Waals surface area contributed by atoms with E-state index in [0.717, 1.165) is 12.2 Å². The van der Waals surface area contributed by atoms with Crippen LogP contribution in [0.3, 0.4) is 0 Å². The van der Waals surface area contributed by atoms with E-state index in [4.69, 9.17) is 4.74 Å². The summed E-state index contributed by atoms with van der Waals surface area (Å²) in [5.74, 6) is 1.04. The van der Waals surface area contributed by atoms with Crippen LogP contribution in [0, 0.1) is 0 Å². The van der Waals surface area contributed by atoms with Gasteiger partial charge in [-0.1, -0.05) is 6.08 Å². The van der Waals surface area contributed by atoms with Crippen LogP contribution in [-0.4, -0.2) is 7.11 Å². The lowest BCUT2D eigenvalue weighted by molar-refractivity contribution is 0.299. The van der Waals surface area contributed by atoms with E-state index < -0.39 is 0 Å². The van der Waals surface area contributed by atoms with Crippen LogP contribution in [0.1, 0.15) is 19.8 Å². The summed E-state index contributed by atoms with van der Waals surface area (Å²) in [4.78, 5) is 0. The van der Waals surface area contributed by atoms with E-state index in [1.54, 1.807) is 7.11 Å². The van der Waals surface area contributed by atoms with Crippen LogP contribution in [-0.2, 0) is 4.74 Å². The first-order chi connectivity index (χ1) is 4.34. The van der Waals surface area contributed by atoms with Gasteiger partial charge in [0.2, 0.25) is 0 Å². The summed E-state index contributed by atoms with van der Waals surface area (Å²) in [5.41, 5.74) is 1.36. The Morgan fingerprint density at radius 2 is 2.33 bits per heavy atom. The normalized spacial score (nSPS) is 18.4. The van der Waals surface area contributed by atoms with E-state index in [1.165, 1.54) is 12.0 Å².